The molecule has 1 aliphatic rings. The van der Waals surface area contributed by atoms with Crippen LogP contribution in [0.25, 0.3) is 0 Å². The molecule has 3 N–H and O–H groups in total. The van der Waals surface area contributed by atoms with Gasteiger partial charge in [-0.05, 0) is 25.0 Å². The van der Waals surface area contributed by atoms with Crippen LogP contribution in [0.2, 0.25) is 0 Å². The van der Waals surface area contributed by atoms with Gasteiger partial charge in [-0.25, -0.2) is 4.98 Å². The topological polar surface area (TPSA) is 66.4 Å². The maximum absolute atomic E-state index is 9.73. The van der Waals surface area contributed by atoms with Crippen molar-refractivity contribution in [3.8, 4) is 5.88 Å². The number of aryl methyl sites for hydroxylation is 2. The number of β-amino-alcohol motifs (C(OH)–C–C–N with tert-alkyl or cyclic N) is 1. The lowest BCUT2D eigenvalue weighted by molar-refractivity contribution is 0.146. The molecule has 19 heavy (non-hydrogen) atoms. The molecule has 2 heterocycles. The fourth-order valence-electron chi connectivity index (χ4n) is 2.50. The Balaban J connectivity index is 1.92. The van der Waals surface area contributed by atoms with Gasteiger partial charge in [0, 0.05) is 43.9 Å². The monoisotopic (exact) mass is 265 g/mol. The summed E-state index contributed by atoms with van der Waals surface area (Å²) in [5, 5.41) is 16.3. The van der Waals surface area contributed by atoms with Crippen LogP contribution in [0, 0.1) is 19.8 Å². The van der Waals surface area contributed by atoms with E-state index in [1.54, 1.807) is 7.11 Å². The Morgan fingerprint density at radius 1 is 1.47 bits per heavy atom. The zero-order valence-electron chi connectivity index (χ0n) is 11.9. The van der Waals surface area contributed by atoms with Crippen LogP contribution in [0.4, 0.5) is 0 Å². The van der Waals surface area contributed by atoms with Crippen LogP contribution in [0.1, 0.15) is 16.8 Å². The van der Waals surface area contributed by atoms with Crippen molar-refractivity contribution in [3.63, 3.8) is 0 Å². The van der Waals surface area contributed by atoms with Gasteiger partial charge in [0.2, 0.25) is 5.88 Å². The molecule has 1 aliphatic heterocycles. The Morgan fingerprint density at radius 2 is 2.26 bits per heavy atom. The summed E-state index contributed by atoms with van der Waals surface area (Å²) < 4.78 is 5.16. The number of nitrogens with zero attached hydrogens (tertiary/aromatic N) is 1. The minimum atomic E-state index is -0.233. The number of rotatable bonds is 5. The maximum Gasteiger partial charge on any atom is 0.213 e. The van der Waals surface area contributed by atoms with E-state index in [4.69, 9.17) is 4.74 Å². The van der Waals surface area contributed by atoms with Crippen LogP contribution in [0.5, 0.6) is 5.88 Å². The van der Waals surface area contributed by atoms with Gasteiger partial charge in [0.1, 0.15) is 0 Å². The first-order chi connectivity index (χ1) is 9.11. The quantitative estimate of drug-likeness (QED) is 0.718. The molecule has 1 fully saturated rings. The normalized spacial score (nSPS) is 22.7. The van der Waals surface area contributed by atoms with E-state index in [0.29, 0.717) is 18.3 Å². The Labute approximate surface area is 114 Å². The third kappa shape index (κ3) is 3.43. The minimum absolute atomic E-state index is 0.233. The number of pyridine rings is 1. The van der Waals surface area contributed by atoms with E-state index in [2.05, 4.69) is 22.5 Å². The van der Waals surface area contributed by atoms with Gasteiger partial charge in [0.15, 0.2) is 0 Å². The standard InChI is InChI=1S/C14H23N3O2/c1-9-4-14(19-3)17-10(2)12(9)7-15-5-11-6-16-8-13(11)18/h4,11,13,15-16,18H,5-8H2,1-3H3. The summed E-state index contributed by atoms with van der Waals surface area (Å²) >= 11 is 0. The Bertz CT molecular complexity index is 414. The van der Waals surface area contributed by atoms with Crippen LogP contribution in [-0.2, 0) is 6.54 Å². The molecular weight excluding hydrogens is 242 g/mol. The third-order valence-electron chi connectivity index (χ3n) is 3.75. The SMILES string of the molecule is COc1cc(C)c(CNCC2CNCC2O)c(C)n1. The molecule has 1 aromatic rings. The summed E-state index contributed by atoms with van der Waals surface area (Å²) in [6, 6.07) is 1.95. The number of hydrogen-bond acceptors (Lipinski definition) is 5. The lowest BCUT2D eigenvalue weighted by Gasteiger charge is -2.16. The summed E-state index contributed by atoms with van der Waals surface area (Å²) in [5.41, 5.74) is 3.39. The second-order valence-corrected chi connectivity index (χ2v) is 5.16. The lowest BCUT2D eigenvalue weighted by atomic mass is 10.1. The van der Waals surface area contributed by atoms with E-state index >= 15 is 0 Å². The summed E-state index contributed by atoms with van der Waals surface area (Å²) in [7, 11) is 1.63. The van der Waals surface area contributed by atoms with Crippen molar-refractivity contribution in [2.24, 2.45) is 5.92 Å². The van der Waals surface area contributed by atoms with Crippen molar-refractivity contribution in [1.29, 1.82) is 0 Å². The van der Waals surface area contributed by atoms with Gasteiger partial charge in [0.25, 0.3) is 0 Å². The summed E-state index contributed by atoms with van der Waals surface area (Å²) in [6.45, 7) is 7.25. The number of methoxy groups -OCH3 is 1. The molecule has 0 saturated carbocycles. The van der Waals surface area contributed by atoms with Gasteiger partial charge < -0.3 is 20.5 Å². The highest BCUT2D eigenvalue weighted by molar-refractivity contribution is 5.33. The third-order valence-corrected chi connectivity index (χ3v) is 3.75. The first kappa shape index (κ1) is 14.2. The van der Waals surface area contributed by atoms with Crippen molar-refractivity contribution >= 4 is 0 Å². The van der Waals surface area contributed by atoms with Gasteiger partial charge in [-0.2, -0.15) is 0 Å². The Morgan fingerprint density at radius 3 is 2.84 bits per heavy atom. The zero-order chi connectivity index (χ0) is 13.8. The molecule has 5 heteroatoms. The number of aromatic nitrogens is 1. The molecule has 0 amide bonds. The molecule has 2 rings (SSSR count). The molecule has 1 aromatic heterocycles. The molecule has 0 aromatic carbocycles. The first-order valence-electron chi connectivity index (χ1n) is 6.72. The average Bonchev–Trinajstić information content (AvgIpc) is 2.78. The van der Waals surface area contributed by atoms with Gasteiger partial charge >= 0.3 is 0 Å². The molecule has 0 bridgehead atoms. The summed E-state index contributed by atoms with van der Waals surface area (Å²) in [5.74, 6) is 0.959. The first-order valence-corrected chi connectivity index (χ1v) is 6.72. The highest BCUT2D eigenvalue weighted by Crippen LogP contribution is 2.17. The number of aliphatic hydroxyl groups excluding tert-OH is 1. The van der Waals surface area contributed by atoms with E-state index < -0.39 is 0 Å². The van der Waals surface area contributed by atoms with Crippen LogP contribution < -0.4 is 15.4 Å². The van der Waals surface area contributed by atoms with Crippen molar-refractivity contribution in [2.45, 2.75) is 26.5 Å². The van der Waals surface area contributed by atoms with Gasteiger partial charge in [-0.15, -0.1) is 0 Å². The molecule has 0 spiro atoms. The summed E-state index contributed by atoms with van der Waals surface area (Å²) in [4.78, 5) is 4.39. The van der Waals surface area contributed by atoms with Gasteiger partial charge in [-0.3, -0.25) is 0 Å². The predicted octanol–water partition coefficient (Wildman–Crippen LogP) is 0.377. The fraction of sp³-hybridized carbons (Fsp3) is 0.643. The molecule has 0 radical (unpaired) electrons. The number of ether oxygens (including phenoxy) is 1. The van der Waals surface area contributed by atoms with E-state index in [1.807, 2.05) is 13.0 Å². The fourth-order valence-corrected chi connectivity index (χ4v) is 2.50. The Hall–Kier alpha value is -1.17. The second kappa shape index (κ2) is 6.32. The number of aliphatic hydroxyl groups is 1. The molecule has 5 nitrogen and oxygen atoms in total. The van der Waals surface area contributed by atoms with E-state index in [-0.39, 0.29) is 6.10 Å². The average molecular weight is 265 g/mol. The van der Waals surface area contributed by atoms with Crippen LogP contribution in [-0.4, -0.2) is 42.9 Å². The molecule has 2 atom stereocenters. The minimum Gasteiger partial charge on any atom is -0.481 e. The van der Waals surface area contributed by atoms with Crippen LogP contribution in [0.15, 0.2) is 6.07 Å². The molecule has 106 valence electrons. The largest absolute Gasteiger partial charge is 0.481 e. The van der Waals surface area contributed by atoms with Crippen molar-refractivity contribution in [3.05, 3.63) is 22.9 Å². The van der Waals surface area contributed by atoms with E-state index in [1.165, 1.54) is 11.1 Å². The predicted molar refractivity (Wildman–Crippen MR) is 74.3 cm³/mol. The van der Waals surface area contributed by atoms with Crippen molar-refractivity contribution in [2.75, 3.05) is 26.7 Å². The van der Waals surface area contributed by atoms with Crippen LogP contribution in [0.3, 0.4) is 0 Å². The van der Waals surface area contributed by atoms with Crippen LogP contribution >= 0.6 is 0 Å². The lowest BCUT2D eigenvalue weighted by Crippen LogP contribution is -2.30. The molecule has 1 saturated heterocycles. The van der Waals surface area contributed by atoms with Gasteiger partial charge in [-0.1, -0.05) is 0 Å². The number of nitrogens with one attached hydrogen (secondary N) is 2. The number of hydrogen-bond donors (Lipinski definition) is 3. The zero-order valence-corrected chi connectivity index (χ0v) is 11.9. The second-order valence-electron chi connectivity index (χ2n) is 5.16. The highest BCUT2D eigenvalue weighted by atomic mass is 16.5. The van der Waals surface area contributed by atoms with E-state index in [9.17, 15) is 5.11 Å². The molecule has 0 aliphatic carbocycles. The highest BCUT2D eigenvalue weighted by Gasteiger charge is 2.24. The molecular formula is C14H23N3O2. The molecule has 2 unspecified atom stereocenters. The van der Waals surface area contributed by atoms with Gasteiger partial charge in [0.05, 0.1) is 13.2 Å². The van der Waals surface area contributed by atoms with Crippen molar-refractivity contribution in [1.82, 2.24) is 15.6 Å². The smallest absolute Gasteiger partial charge is 0.213 e. The Kier molecular flexibility index (Phi) is 4.74. The van der Waals surface area contributed by atoms with E-state index in [0.717, 1.165) is 25.3 Å². The summed E-state index contributed by atoms with van der Waals surface area (Å²) in [6.07, 6.45) is -0.233. The maximum atomic E-state index is 9.73. The van der Waals surface area contributed by atoms with Crippen molar-refractivity contribution < 1.29 is 9.84 Å².